The maximum atomic E-state index is 13.5. The van der Waals surface area contributed by atoms with E-state index in [1.165, 1.54) is 4.68 Å². The molecule has 0 bridgehead atoms. The Bertz CT molecular complexity index is 961. The minimum absolute atomic E-state index is 0.0228. The van der Waals surface area contributed by atoms with Crippen LogP contribution in [0.3, 0.4) is 0 Å². The number of hydrogen-bond acceptors (Lipinski definition) is 3. The molecule has 3 rings (SSSR count). The van der Waals surface area contributed by atoms with Crippen molar-refractivity contribution in [2.45, 2.75) is 32.9 Å². The van der Waals surface area contributed by atoms with Gasteiger partial charge in [-0.3, -0.25) is 0 Å². The number of alkyl halides is 3. The average molecular weight is 369 g/mol. The quantitative estimate of drug-likeness (QED) is 0.684. The summed E-state index contributed by atoms with van der Waals surface area (Å²) in [6.45, 7) is 5.33. The van der Waals surface area contributed by atoms with Crippen molar-refractivity contribution in [3.05, 3.63) is 46.1 Å². The van der Waals surface area contributed by atoms with Gasteiger partial charge in [-0.15, -0.1) is 5.10 Å². The van der Waals surface area contributed by atoms with Crippen LogP contribution < -0.4 is 5.73 Å². The van der Waals surface area contributed by atoms with Crippen molar-refractivity contribution in [3.63, 3.8) is 0 Å². The van der Waals surface area contributed by atoms with Gasteiger partial charge in [0, 0.05) is 10.7 Å². The summed E-state index contributed by atoms with van der Waals surface area (Å²) in [5, 5.41) is 4.56. The summed E-state index contributed by atoms with van der Waals surface area (Å²) in [6.07, 6.45) is -4.55. The average Bonchev–Trinajstić information content (AvgIpc) is 2.82. The predicted molar refractivity (Wildman–Crippen MR) is 92.1 cm³/mol. The van der Waals surface area contributed by atoms with Gasteiger partial charge in [-0.2, -0.15) is 13.2 Å². The number of nitrogen functional groups attached to an aromatic ring is 1. The highest BCUT2D eigenvalue weighted by molar-refractivity contribution is 6.30. The first kappa shape index (κ1) is 17.5. The monoisotopic (exact) mass is 368 g/mol. The fourth-order valence-electron chi connectivity index (χ4n) is 2.69. The Morgan fingerprint density at radius 1 is 1.20 bits per heavy atom. The molecule has 2 heterocycles. The first-order chi connectivity index (χ1) is 11.6. The van der Waals surface area contributed by atoms with Crippen molar-refractivity contribution in [3.8, 4) is 5.69 Å². The van der Waals surface area contributed by atoms with Gasteiger partial charge in [0.15, 0.2) is 5.65 Å². The number of pyridine rings is 1. The molecule has 0 aliphatic carbocycles. The van der Waals surface area contributed by atoms with Gasteiger partial charge in [0.2, 0.25) is 0 Å². The molecule has 0 unspecified atom stereocenters. The Hall–Kier alpha value is -2.28. The number of hydrogen-bond donors (Lipinski definition) is 1. The molecular weight excluding hydrogens is 353 g/mol. The molecule has 0 aliphatic rings. The van der Waals surface area contributed by atoms with E-state index in [0.717, 1.165) is 11.6 Å². The Labute approximate surface area is 147 Å². The molecule has 0 atom stereocenters. The first-order valence-corrected chi connectivity index (χ1v) is 8.00. The Morgan fingerprint density at radius 2 is 1.88 bits per heavy atom. The van der Waals surface area contributed by atoms with Crippen molar-refractivity contribution in [1.82, 2.24) is 14.8 Å². The van der Waals surface area contributed by atoms with E-state index in [9.17, 15) is 13.2 Å². The topological polar surface area (TPSA) is 56.7 Å². The zero-order valence-corrected chi connectivity index (χ0v) is 14.6. The molecule has 0 spiro atoms. The van der Waals surface area contributed by atoms with E-state index < -0.39 is 11.7 Å². The molecule has 0 fully saturated rings. The molecule has 2 N–H and O–H groups in total. The SMILES string of the molecule is Cc1cc(Cl)ccc1-n1nc2nc(C(C)C)cc(C(F)(F)F)c2c1N. The third-order valence-corrected chi connectivity index (χ3v) is 4.22. The van der Waals surface area contributed by atoms with Crippen LogP contribution in [0.15, 0.2) is 24.3 Å². The lowest BCUT2D eigenvalue weighted by atomic mass is 10.0. The van der Waals surface area contributed by atoms with E-state index in [0.29, 0.717) is 16.4 Å². The van der Waals surface area contributed by atoms with Gasteiger partial charge in [-0.05, 0) is 42.7 Å². The second-order valence-electron chi connectivity index (χ2n) is 6.17. The third kappa shape index (κ3) is 3.04. The lowest BCUT2D eigenvalue weighted by Crippen LogP contribution is -2.09. The summed E-state index contributed by atoms with van der Waals surface area (Å²) >= 11 is 5.94. The molecule has 4 nitrogen and oxygen atoms in total. The van der Waals surface area contributed by atoms with E-state index in [-0.39, 0.29) is 22.8 Å². The van der Waals surface area contributed by atoms with Crippen LogP contribution in [0.1, 0.15) is 36.6 Å². The molecule has 2 aromatic heterocycles. The predicted octanol–water partition coefficient (Wildman–Crippen LogP) is 5.11. The van der Waals surface area contributed by atoms with Crippen molar-refractivity contribution >= 4 is 28.5 Å². The van der Waals surface area contributed by atoms with E-state index in [1.807, 2.05) is 0 Å². The van der Waals surface area contributed by atoms with Gasteiger partial charge in [-0.1, -0.05) is 25.4 Å². The molecule has 0 amide bonds. The number of benzene rings is 1. The van der Waals surface area contributed by atoms with Crippen molar-refractivity contribution in [2.24, 2.45) is 0 Å². The zero-order valence-electron chi connectivity index (χ0n) is 13.8. The smallest absolute Gasteiger partial charge is 0.383 e. The van der Waals surface area contributed by atoms with E-state index in [1.54, 1.807) is 39.0 Å². The summed E-state index contributed by atoms with van der Waals surface area (Å²) in [5.41, 5.74) is 6.80. The number of aromatic nitrogens is 3. The highest BCUT2D eigenvalue weighted by Crippen LogP contribution is 2.39. The summed E-state index contributed by atoms with van der Waals surface area (Å²) in [5.74, 6) is -0.273. The van der Waals surface area contributed by atoms with Crippen LogP contribution in [-0.4, -0.2) is 14.8 Å². The zero-order chi connectivity index (χ0) is 18.5. The van der Waals surface area contributed by atoms with Gasteiger partial charge in [0.1, 0.15) is 5.82 Å². The molecule has 132 valence electrons. The van der Waals surface area contributed by atoms with Crippen LogP contribution in [0.5, 0.6) is 0 Å². The third-order valence-electron chi connectivity index (χ3n) is 3.98. The molecule has 25 heavy (non-hydrogen) atoms. The standard InChI is InChI=1S/C17H16ClF3N4/c1-8(2)12-7-11(17(19,20)21)14-15(22)25(24-16(14)23-12)13-5-4-10(18)6-9(13)3/h4-8H,22H2,1-3H3. The van der Waals surface area contributed by atoms with Crippen LogP contribution >= 0.6 is 11.6 Å². The van der Waals surface area contributed by atoms with Gasteiger partial charge < -0.3 is 5.73 Å². The maximum absolute atomic E-state index is 13.5. The number of rotatable bonds is 2. The van der Waals surface area contributed by atoms with Gasteiger partial charge >= 0.3 is 6.18 Å². The lowest BCUT2D eigenvalue weighted by molar-refractivity contribution is -0.136. The molecule has 3 aromatic rings. The second kappa shape index (κ2) is 5.91. The Kier molecular flexibility index (Phi) is 4.15. The number of nitrogens with zero attached hydrogens (tertiary/aromatic N) is 3. The largest absolute Gasteiger partial charge is 0.417 e. The van der Waals surface area contributed by atoms with Crippen molar-refractivity contribution in [1.29, 1.82) is 0 Å². The summed E-state index contributed by atoms with van der Waals surface area (Å²) in [6, 6.07) is 6.04. The molecule has 0 saturated carbocycles. The fraction of sp³-hybridized carbons (Fsp3) is 0.294. The molecule has 8 heteroatoms. The van der Waals surface area contributed by atoms with Crippen LogP contribution in [-0.2, 0) is 6.18 Å². The lowest BCUT2D eigenvalue weighted by Gasteiger charge is -2.12. The van der Waals surface area contributed by atoms with Crippen LogP contribution in [0, 0.1) is 6.92 Å². The first-order valence-electron chi connectivity index (χ1n) is 7.62. The number of nitrogens with two attached hydrogens (primary N) is 1. The minimum atomic E-state index is -4.55. The number of aryl methyl sites for hydroxylation is 1. The summed E-state index contributed by atoms with van der Waals surface area (Å²) < 4.78 is 41.9. The second-order valence-corrected chi connectivity index (χ2v) is 6.61. The van der Waals surface area contributed by atoms with E-state index in [2.05, 4.69) is 10.1 Å². The number of anilines is 1. The van der Waals surface area contributed by atoms with Gasteiger partial charge in [0.25, 0.3) is 0 Å². The normalized spacial score (nSPS) is 12.3. The van der Waals surface area contributed by atoms with Crippen LogP contribution in [0.4, 0.5) is 19.0 Å². The van der Waals surface area contributed by atoms with Gasteiger partial charge in [0.05, 0.1) is 16.6 Å². The molecular formula is C17H16ClF3N4. The van der Waals surface area contributed by atoms with Crippen LogP contribution in [0.25, 0.3) is 16.7 Å². The van der Waals surface area contributed by atoms with Crippen molar-refractivity contribution in [2.75, 3.05) is 5.73 Å². The van der Waals surface area contributed by atoms with Crippen molar-refractivity contribution < 1.29 is 13.2 Å². The highest BCUT2D eigenvalue weighted by atomic mass is 35.5. The Balaban J connectivity index is 2.36. The van der Waals surface area contributed by atoms with Crippen LogP contribution in [0.2, 0.25) is 5.02 Å². The van der Waals surface area contributed by atoms with Gasteiger partial charge in [-0.25, -0.2) is 9.67 Å². The van der Waals surface area contributed by atoms with E-state index >= 15 is 0 Å². The minimum Gasteiger partial charge on any atom is -0.383 e. The fourth-order valence-corrected chi connectivity index (χ4v) is 2.92. The maximum Gasteiger partial charge on any atom is 0.417 e. The Morgan fingerprint density at radius 3 is 2.44 bits per heavy atom. The molecule has 0 radical (unpaired) electrons. The molecule has 0 saturated heterocycles. The number of fused-ring (bicyclic) bond motifs is 1. The summed E-state index contributed by atoms with van der Waals surface area (Å²) in [7, 11) is 0. The van der Waals surface area contributed by atoms with E-state index in [4.69, 9.17) is 17.3 Å². The number of halogens is 4. The molecule has 0 aliphatic heterocycles. The summed E-state index contributed by atoms with van der Waals surface area (Å²) in [4.78, 5) is 4.27. The molecule has 1 aromatic carbocycles. The highest BCUT2D eigenvalue weighted by Gasteiger charge is 2.36.